The molecule has 4 aliphatic carbocycles. The zero-order valence-corrected chi connectivity index (χ0v) is 20.2. The summed E-state index contributed by atoms with van der Waals surface area (Å²) in [6.45, 7) is 6.20. The van der Waals surface area contributed by atoms with Crippen molar-refractivity contribution in [2.24, 2.45) is 39.6 Å². The molecule has 6 heteroatoms. The second-order valence-corrected chi connectivity index (χ2v) is 12.6. The molecule has 0 aromatic heterocycles. The molecule has 9 atom stereocenters. The SMILES string of the molecule is [2H]C1C([2H])[C@@]2([2H])C[C@@H](O)CC[C@]2(C)[C@H]2CC[C@]3(C)/C(=N/NS(=O)(=O)c4ccc(C)cc4)CC[C@H]3[C@H]12. The maximum absolute atomic E-state index is 12.8. The van der Waals surface area contributed by atoms with E-state index in [1.807, 2.05) is 6.92 Å². The lowest BCUT2D eigenvalue weighted by Crippen LogP contribution is -2.54. The molecule has 0 amide bonds. The molecule has 4 fully saturated rings. The monoisotopic (exact) mass is 461 g/mol. The molecule has 176 valence electrons. The molecule has 4 aliphatic rings. The first-order chi connectivity index (χ1) is 16.3. The Morgan fingerprint density at radius 3 is 2.62 bits per heavy atom. The van der Waals surface area contributed by atoms with E-state index in [0.29, 0.717) is 12.8 Å². The number of aliphatic hydroxyl groups excluding tert-OH is 1. The summed E-state index contributed by atoms with van der Waals surface area (Å²) >= 11 is 0. The fourth-order valence-electron chi connectivity index (χ4n) is 7.19. The Morgan fingerprint density at radius 2 is 1.88 bits per heavy atom. The number of hydrazone groups is 1. The molecule has 1 aromatic rings. The Hall–Kier alpha value is -1.40. The summed E-state index contributed by atoms with van der Waals surface area (Å²) < 4.78 is 53.0. The summed E-state index contributed by atoms with van der Waals surface area (Å²) in [5.74, 6) is -0.812. The first-order valence-electron chi connectivity index (χ1n) is 13.7. The zero-order chi connectivity index (χ0) is 25.4. The van der Waals surface area contributed by atoms with Gasteiger partial charge in [0.15, 0.2) is 0 Å². The van der Waals surface area contributed by atoms with E-state index in [-0.39, 0.29) is 34.5 Å². The Kier molecular flexibility index (Phi) is 4.64. The van der Waals surface area contributed by atoms with Crippen molar-refractivity contribution in [3.63, 3.8) is 0 Å². The van der Waals surface area contributed by atoms with Crippen LogP contribution in [-0.4, -0.2) is 25.3 Å². The number of rotatable bonds is 3. The van der Waals surface area contributed by atoms with Gasteiger partial charge in [0.2, 0.25) is 0 Å². The summed E-state index contributed by atoms with van der Waals surface area (Å²) in [7, 11) is -3.76. The van der Waals surface area contributed by atoms with Gasteiger partial charge < -0.3 is 5.11 Å². The maximum atomic E-state index is 12.8. The second-order valence-electron chi connectivity index (χ2n) is 10.9. The highest BCUT2D eigenvalue weighted by Crippen LogP contribution is 2.65. The molecule has 0 bridgehead atoms. The van der Waals surface area contributed by atoms with Gasteiger partial charge in [0, 0.05) is 15.2 Å². The second kappa shape index (κ2) is 7.83. The minimum Gasteiger partial charge on any atom is -0.393 e. The number of aliphatic hydroxyl groups is 1. The fourth-order valence-corrected chi connectivity index (χ4v) is 8.02. The van der Waals surface area contributed by atoms with E-state index >= 15 is 0 Å². The summed E-state index contributed by atoms with van der Waals surface area (Å²) in [6, 6.07) is 6.69. The highest BCUT2D eigenvalue weighted by Gasteiger charge is 2.59. The van der Waals surface area contributed by atoms with Crippen molar-refractivity contribution in [1.29, 1.82) is 0 Å². The molecule has 2 N–H and O–H groups in total. The number of benzene rings is 1. The smallest absolute Gasteiger partial charge is 0.276 e. The normalized spacial score (nSPS) is 51.0. The first-order valence-corrected chi connectivity index (χ1v) is 13.5. The van der Waals surface area contributed by atoms with Crippen LogP contribution in [0.25, 0.3) is 0 Å². The van der Waals surface area contributed by atoms with Gasteiger partial charge in [-0.2, -0.15) is 13.5 Å². The fraction of sp³-hybridized carbons (Fsp3) is 0.731. The van der Waals surface area contributed by atoms with E-state index in [9.17, 15) is 14.9 Å². The average Bonchev–Trinajstić information content (AvgIpc) is 3.14. The van der Waals surface area contributed by atoms with Crippen LogP contribution < -0.4 is 4.83 Å². The number of sulfonamides is 1. The predicted molar refractivity (Wildman–Crippen MR) is 127 cm³/mol. The van der Waals surface area contributed by atoms with E-state index in [2.05, 4.69) is 23.8 Å². The highest BCUT2D eigenvalue weighted by molar-refractivity contribution is 7.89. The molecule has 32 heavy (non-hydrogen) atoms. The topological polar surface area (TPSA) is 78.8 Å². The van der Waals surface area contributed by atoms with E-state index < -0.39 is 40.2 Å². The molecular formula is C26H38N2O3S. The van der Waals surface area contributed by atoms with E-state index in [1.54, 1.807) is 24.3 Å². The van der Waals surface area contributed by atoms with Crippen LogP contribution in [0.1, 0.15) is 81.3 Å². The Labute approximate surface area is 197 Å². The molecule has 0 heterocycles. The number of fused-ring (bicyclic) bond motifs is 5. The first kappa shape index (κ1) is 19.0. The van der Waals surface area contributed by atoms with E-state index in [1.165, 1.54) is 0 Å². The van der Waals surface area contributed by atoms with Crippen molar-refractivity contribution >= 4 is 15.7 Å². The zero-order valence-electron chi connectivity index (χ0n) is 22.3. The summed E-state index contributed by atoms with van der Waals surface area (Å²) in [6.07, 6.45) is 2.74. The highest BCUT2D eigenvalue weighted by atomic mass is 32.2. The van der Waals surface area contributed by atoms with Gasteiger partial charge in [-0.15, -0.1) is 0 Å². The van der Waals surface area contributed by atoms with Crippen molar-refractivity contribution in [3.05, 3.63) is 29.8 Å². The van der Waals surface area contributed by atoms with E-state index in [4.69, 9.17) is 2.74 Å². The van der Waals surface area contributed by atoms with E-state index in [0.717, 1.165) is 37.0 Å². The lowest BCUT2D eigenvalue weighted by Gasteiger charge is -2.60. The van der Waals surface area contributed by atoms with Crippen molar-refractivity contribution < 1.29 is 17.6 Å². The number of aryl methyl sites for hydroxylation is 1. The third-order valence-corrected chi connectivity index (χ3v) is 10.5. The molecular weight excluding hydrogens is 420 g/mol. The molecule has 0 saturated heterocycles. The lowest BCUT2D eigenvalue weighted by molar-refractivity contribution is -0.113. The van der Waals surface area contributed by atoms with Crippen LogP contribution in [0.4, 0.5) is 0 Å². The lowest BCUT2D eigenvalue weighted by atomic mass is 9.45. The third-order valence-electron chi connectivity index (χ3n) is 9.23. The van der Waals surface area contributed by atoms with Gasteiger partial charge in [-0.25, -0.2) is 4.83 Å². The van der Waals surface area contributed by atoms with Crippen LogP contribution >= 0.6 is 0 Å². The van der Waals surface area contributed by atoms with Gasteiger partial charge in [-0.3, -0.25) is 0 Å². The number of nitrogens with one attached hydrogen (secondary N) is 1. The predicted octanol–water partition coefficient (Wildman–Crippen LogP) is 5.03. The Bertz CT molecular complexity index is 1130. The van der Waals surface area contributed by atoms with Gasteiger partial charge in [0.1, 0.15) is 0 Å². The number of hydrogen-bond donors (Lipinski definition) is 2. The summed E-state index contributed by atoms with van der Waals surface area (Å²) in [4.78, 5) is 2.65. The standard InChI is InChI=1S/C26H38N2O3S/c1-17-4-7-20(8-5-17)32(30,31)28-27-24-11-10-22-21-9-6-18-16-19(29)12-14-25(18,2)23(21)13-15-26(22,24)3/h4-5,7-8,18-19,21-23,28-29H,6,9-16H2,1-3H3/b27-24+/t18-,19-,21-,22-,23-,25-,26-/m0/s1/i6D,9D,18D/t6?,9?,18-,19-,21-,22-,23-,25-,26-. The molecule has 5 nitrogen and oxygen atoms in total. The number of nitrogens with zero attached hydrogens (tertiary/aromatic N) is 1. The van der Waals surface area contributed by atoms with Crippen molar-refractivity contribution in [1.82, 2.24) is 4.83 Å². The van der Waals surface area contributed by atoms with Crippen LogP contribution in [0.15, 0.2) is 34.3 Å². The van der Waals surface area contributed by atoms with Gasteiger partial charge in [-0.05, 0) is 106 Å². The largest absolute Gasteiger partial charge is 0.393 e. The molecule has 0 aliphatic heterocycles. The van der Waals surface area contributed by atoms with Gasteiger partial charge in [0.05, 0.1) is 11.0 Å². The number of hydrogen-bond acceptors (Lipinski definition) is 4. The molecule has 4 saturated carbocycles. The van der Waals surface area contributed by atoms with Crippen LogP contribution in [0.5, 0.6) is 0 Å². The van der Waals surface area contributed by atoms with Crippen molar-refractivity contribution in [2.45, 2.75) is 89.5 Å². The van der Waals surface area contributed by atoms with Gasteiger partial charge in [0.25, 0.3) is 10.0 Å². The minimum atomic E-state index is -3.76. The quantitative estimate of drug-likeness (QED) is 0.620. The molecule has 0 radical (unpaired) electrons. The van der Waals surface area contributed by atoms with Crippen LogP contribution in [-0.2, 0) is 10.0 Å². The van der Waals surface area contributed by atoms with Crippen molar-refractivity contribution in [3.8, 4) is 0 Å². The summed E-state index contributed by atoms with van der Waals surface area (Å²) in [5, 5.41) is 14.8. The average molecular weight is 462 g/mol. The molecule has 1 aromatic carbocycles. The molecule has 2 unspecified atom stereocenters. The van der Waals surface area contributed by atoms with Crippen LogP contribution in [0, 0.1) is 41.4 Å². The van der Waals surface area contributed by atoms with Gasteiger partial charge in [-0.1, -0.05) is 31.5 Å². The minimum absolute atomic E-state index is 0.0172. The van der Waals surface area contributed by atoms with Crippen LogP contribution in [0.2, 0.25) is 0 Å². The van der Waals surface area contributed by atoms with Gasteiger partial charge >= 0.3 is 0 Å². The molecule has 5 rings (SSSR count). The Balaban J connectivity index is 1.43. The van der Waals surface area contributed by atoms with Crippen LogP contribution in [0.3, 0.4) is 0 Å². The summed E-state index contributed by atoms with van der Waals surface area (Å²) in [5.41, 5.74) is 1.12. The maximum Gasteiger partial charge on any atom is 0.276 e. The Morgan fingerprint density at radius 1 is 1.12 bits per heavy atom. The third kappa shape index (κ3) is 3.53. The molecule has 0 spiro atoms. The van der Waals surface area contributed by atoms with Crippen molar-refractivity contribution in [2.75, 3.05) is 0 Å².